The first-order valence-electron chi connectivity index (χ1n) is 7.35. The van der Waals surface area contributed by atoms with Gasteiger partial charge in [0.15, 0.2) is 0 Å². The minimum absolute atomic E-state index is 0.0285. The quantitative estimate of drug-likeness (QED) is 0.752. The van der Waals surface area contributed by atoms with Crippen molar-refractivity contribution in [1.29, 1.82) is 0 Å². The summed E-state index contributed by atoms with van der Waals surface area (Å²) in [7, 11) is 2.01. The molecule has 1 unspecified atom stereocenters. The predicted octanol–water partition coefficient (Wildman–Crippen LogP) is 2.90. The van der Waals surface area contributed by atoms with Crippen LogP contribution in [-0.4, -0.2) is 41.7 Å². The van der Waals surface area contributed by atoms with Crippen LogP contribution in [-0.2, 0) is 7.05 Å². The molecule has 7 heteroatoms. The number of thiophene rings is 1. The highest BCUT2D eigenvalue weighted by Crippen LogP contribution is 2.38. The van der Waals surface area contributed by atoms with Crippen molar-refractivity contribution in [2.45, 2.75) is 31.3 Å². The Morgan fingerprint density at radius 3 is 2.81 bits per heavy atom. The summed E-state index contributed by atoms with van der Waals surface area (Å²) in [5.74, 6) is 3.46. The topological polar surface area (TPSA) is 55.6 Å². The maximum absolute atomic E-state index is 4.72. The largest absolute Gasteiger partial charge is 0.370 e. The van der Waals surface area contributed by atoms with Gasteiger partial charge in [0.25, 0.3) is 0 Å². The smallest absolute Gasteiger partial charge is 0.239 e. The summed E-state index contributed by atoms with van der Waals surface area (Å²) in [4.78, 5) is 0.983. The molecule has 5 nitrogen and oxygen atoms in total. The maximum atomic E-state index is 4.72. The number of aryl methyl sites for hydroxylation is 3. The standard InChI is InChI=1S/C13H16N5S.CH3.Al.H/c1-5-6-14-12-11-10(17-18(12)4)9-7(2)8(3)15-16-13(9)19-11;;;/h5,14H,6H2,1-4H3;1H3;;. The third-order valence-corrected chi connectivity index (χ3v) is 6.93. The average molecular weight is 317 g/mol. The van der Waals surface area contributed by atoms with E-state index in [1.54, 1.807) is 11.3 Å². The van der Waals surface area contributed by atoms with Crippen LogP contribution in [0.1, 0.15) is 18.2 Å². The van der Waals surface area contributed by atoms with Crippen molar-refractivity contribution in [1.82, 2.24) is 20.0 Å². The Morgan fingerprint density at radius 1 is 1.33 bits per heavy atom. The molecule has 0 saturated heterocycles. The van der Waals surface area contributed by atoms with E-state index in [9.17, 15) is 0 Å². The van der Waals surface area contributed by atoms with E-state index < -0.39 is 0 Å². The fourth-order valence-corrected chi connectivity index (χ4v) is 4.01. The molecular weight excluding hydrogens is 297 g/mol. The van der Waals surface area contributed by atoms with Crippen LogP contribution in [0.5, 0.6) is 0 Å². The van der Waals surface area contributed by atoms with E-state index in [0.717, 1.165) is 38.6 Å². The third-order valence-electron chi connectivity index (χ3n) is 4.18. The number of anilines is 1. The Kier molecular flexibility index (Phi) is 3.91. The Balaban J connectivity index is 2.14. The highest BCUT2D eigenvalue weighted by atomic mass is 32.1. The minimum Gasteiger partial charge on any atom is -0.370 e. The van der Waals surface area contributed by atoms with E-state index in [4.69, 9.17) is 5.10 Å². The molecule has 1 atom stereocenters. The van der Waals surface area contributed by atoms with Gasteiger partial charge >= 0.3 is 0 Å². The summed E-state index contributed by atoms with van der Waals surface area (Å²) >= 11 is 1.71. The minimum atomic E-state index is 0.0285. The summed E-state index contributed by atoms with van der Waals surface area (Å²) < 4.78 is 3.94. The van der Waals surface area contributed by atoms with Crippen LogP contribution in [0.2, 0.25) is 10.6 Å². The summed E-state index contributed by atoms with van der Waals surface area (Å²) in [6, 6.07) is 0. The lowest BCUT2D eigenvalue weighted by Crippen LogP contribution is -2.12. The van der Waals surface area contributed by atoms with Gasteiger partial charge in [-0.15, -0.1) is 22.2 Å². The molecule has 0 bridgehead atoms. The molecule has 0 radical (unpaired) electrons. The number of aromatic nitrogens is 4. The third kappa shape index (κ3) is 2.44. The van der Waals surface area contributed by atoms with Crippen LogP contribution >= 0.6 is 11.3 Å². The van der Waals surface area contributed by atoms with Gasteiger partial charge in [-0.2, -0.15) is 10.2 Å². The lowest BCUT2D eigenvalue weighted by Gasteiger charge is -2.10. The van der Waals surface area contributed by atoms with Crippen molar-refractivity contribution in [2.75, 3.05) is 11.9 Å². The molecule has 0 fully saturated rings. The molecule has 3 rings (SSSR count). The SMILES string of the molecule is [CH3][AlH][CH](C)CNc1c2sc3nnc(C)c(C)c3c2nn1C. The van der Waals surface area contributed by atoms with Crippen molar-refractivity contribution >= 4 is 52.8 Å². The zero-order chi connectivity index (χ0) is 15.1. The Morgan fingerprint density at radius 2 is 2.10 bits per heavy atom. The number of nitrogens with one attached hydrogen (secondary N) is 1. The van der Waals surface area contributed by atoms with Gasteiger partial charge in [0.2, 0.25) is 15.2 Å². The molecule has 0 amide bonds. The molecule has 0 aliphatic heterocycles. The van der Waals surface area contributed by atoms with E-state index in [-0.39, 0.29) is 15.2 Å². The zero-order valence-electron chi connectivity index (χ0n) is 13.2. The van der Waals surface area contributed by atoms with Gasteiger partial charge in [-0.1, -0.05) is 11.7 Å². The first-order valence-corrected chi connectivity index (χ1v) is 10.4. The van der Waals surface area contributed by atoms with Crippen LogP contribution in [0.25, 0.3) is 20.4 Å². The first-order chi connectivity index (χ1) is 10.0. The number of rotatable bonds is 4. The lowest BCUT2D eigenvalue weighted by molar-refractivity contribution is 0.777. The van der Waals surface area contributed by atoms with Crippen molar-refractivity contribution in [3.63, 3.8) is 0 Å². The molecule has 0 aliphatic rings. The Bertz CT molecular complexity index is 807. The van der Waals surface area contributed by atoms with Crippen molar-refractivity contribution in [2.24, 2.45) is 7.05 Å². The molecule has 3 heterocycles. The van der Waals surface area contributed by atoms with Crippen LogP contribution in [0.15, 0.2) is 0 Å². The molecule has 0 spiro atoms. The summed E-state index contributed by atoms with van der Waals surface area (Å²) in [5, 5.41) is 18.0. The summed E-state index contributed by atoms with van der Waals surface area (Å²) in [6.07, 6.45) is 0. The van der Waals surface area contributed by atoms with Gasteiger partial charge in [-0.3, -0.25) is 4.68 Å². The molecular formula is C14H20AlN5S. The monoisotopic (exact) mass is 317 g/mol. The highest BCUT2D eigenvalue weighted by molar-refractivity contribution is 7.26. The van der Waals surface area contributed by atoms with Gasteiger partial charge in [0.05, 0.1) is 10.4 Å². The van der Waals surface area contributed by atoms with Crippen molar-refractivity contribution in [3.05, 3.63) is 11.3 Å². The number of nitrogens with zero attached hydrogens (tertiary/aromatic N) is 4. The second kappa shape index (κ2) is 5.56. The molecule has 21 heavy (non-hydrogen) atoms. The number of hydrogen-bond donors (Lipinski definition) is 1. The highest BCUT2D eigenvalue weighted by Gasteiger charge is 2.19. The second-order valence-electron chi connectivity index (χ2n) is 5.74. The summed E-state index contributed by atoms with van der Waals surface area (Å²) in [5.41, 5.74) is 3.22. The average Bonchev–Trinajstić information content (AvgIpc) is 2.95. The normalized spacial score (nSPS) is 13.0. The van der Waals surface area contributed by atoms with E-state index in [1.165, 1.54) is 10.3 Å². The molecule has 3 aromatic rings. The van der Waals surface area contributed by atoms with E-state index >= 15 is 0 Å². The van der Waals surface area contributed by atoms with E-state index in [2.05, 4.69) is 35.1 Å². The molecule has 110 valence electrons. The zero-order valence-corrected chi connectivity index (χ0v) is 15.4. The predicted molar refractivity (Wildman–Crippen MR) is 92.1 cm³/mol. The fraction of sp³-hybridized carbons (Fsp3) is 0.500. The van der Waals surface area contributed by atoms with Crippen LogP contribution in [0, 0.1) is 13.8 Å². The molecule has 0 aliphatic carbocycles. The first kappa shape index (κ1) is 14.8. The van der Waals surface area contributed by atoms with Gasteiger partial charge in [0.1, 0.15) is 16.2 Å². The molecule has 0 saturated carbocycles. The van der Waals surface area contributed by atoms with E-state index in [0.29, 0.717) is 0 Å². The van der Waals surface area contributed by atoms with Gasteiger partial charge in [-0.05, 0) is 19.4 Å². The van der Waals surface area contributed by atoms with Crippen LogP contribution in [0.4, 0.5) is 5.82 Å². The van der Waals surface area contributed by atoms with E-state index in [1.807, 2.05) is 18.7 Å². The lowest BCUT2D eigenvalue weighted by atomic mass is 10.1. The summed E-state index contributed by atoms with van der Waals surface area (Å²) in [6.45, 7) is 7.44. The fourth-order valence-electron chi connectivity index (χ4n) is 2.41. The van der Waals surface area contributed by atoms with Crippen LogP contribution in [0.3, 0.4) is 0 Å². The molecule has 3 aromatic heterocycles. The van der Waals surface area contributed by atoms with Gasteiger partial charge in [0, 0.05) is 19.0 Å². The van der Waals surface area contributed by atoms with Crippen molar-refractivity contribution < 1.29 is 0 Å². The molecule has 1 N–H and O–H groups in total. The maximum Gasteiger partial charge on any atom is 0.239 e. The molecule has 0 aromatic carbocycles. The number of fused-ring (bicyclic) bond motifs is 3. The second-order valence-corrected chi connectivity index (χ2v) is 8.95. The Hall–Kier alpha value is -1.16. The van der Waals surface area contributed by atoms with Gasteiger partial charge in [-0.25, -0.2) is 0 Å². The number of hydrogen-bond acceptors (Lipinski definition) is 5. The Labute approximate surface area is 134 Å². The van der Waals surface area contributed by atoms with Crippen LogP contribution < -0.4 is 5.32 Å². The van der Waals surface area contributed by atoms with Crippen molar-refractivity contribution in [3.8, 4) is 0 Å². The van der Waals surface area contributed by atoms with Gasteiger partial charge < -0.3 is 5.32 Å².